The molecule has 0 saturated carbocycles. The molecule has 6 nitrogen and oxygen atoms in total. The average molecular weight is 412 g/mol. The first-order chi connectivity index (χ1) is 14.9. The molecule has 2 amide bonds. The normalized spacial score (nSPS) is 10.9. The van der Waals surface area contributed by atoms with Gasteiger partial charge in [0.15, 0.2) is 0 Å². The van der Waals surface area contributed by atoms with Gasteiger partial charge < -0.3 is 15.7 Å². The number of fused-ring (bicyclic) bond motifs is 1. The molecule has 0 aliphatic heterocycles. The minimum absolute atomic E-state index is 0.0217. The first kappa shape index (κ1) is 21.3. The third-order valence-corrected chi connectivity index (χ3v) is 4.67. The maximum Gasteiger partial charge on any atom is 0.337 e. The number of carboxylic acid groups (broad SMARTS) is 1. The van der Waals surface area contributed by atoms with Gasteiger partial charge in [-0.15, -0.1) is 6.42 Å². The Morgan fingerprint density at radius 2 is 1.71 bits per heavy atom. The van der Waals surface area contributed by atoms with Gasteiger partial charge in [-0.1, -0.05) is 42.3 Å². The molecule has 3 N–H and O–H groups in total. The molecule has 154 valence electrons. The van der Waals surface area contributed by atoms with Crippen LogP contribution in [-0.2, 0) is 4.79 Å². The molecule has 0 unspecified atom stereocenters. The van der Waals surface area contributed by atoms with Crippen molar-refractivity contribution in [2.75, 3.05) is 11.9 Å². The van der Waals surface area contributed by atoms with E-state index in [9.17, 15) is 19.5 Å². The third-order valence-electron chi connectivity index (χ3n) is 4.67. The number of carbonyl (C=O) groups is 3. The first-order valence-corrected chi connectivity index (χ1v) is 9.46. The smallest absolute Gasteiger partial charge is 0.337 e. The standard InChI is InChI=1S/C25H20N2O4/c1-3-12-26-24(29)20-10-11-21(25(30)31)22(15-20)27-23(28)13-16(2)18-9-8-17-6-4-5-7-19(17)14-18/h1,4-11,13-15H,12H2,2H3,(H,26,29)(H,27,28)(H,30,31). The van der Waals surface area contributed by atoms with E-state index in [4.69, 9.17) is 6.42 Å². The number of benzene rings is 3. The molecule has 0 heterocycles. The van der Waals surface area contributed by atoms with E-state index in [-0.39, 0.29) is 23.4 Å². The second kappa shape index (κ2) is 9.42. The van der Waals surface area contributed by atoms with Gasteiger partial charge >= 0.3 is 5.97 Å². The van der Waals surface area contributed by atoms with Gasteiger partial charge in [-0.3, -0.25) is 9.59 Å². The van der Waals surface area contributed by atoms with Crippen LogP contribution in [0.1, 0.15) is 33.2 Å². The summed E-state index contributed by atoms with van der Waals surface area (Å²) in [6.07, 6.45) is 6.52. The van der Waals surface area contributed by atoms with Crippen LogP contribution in [0.2, 0.25) is 0 Å². The van der Waals surface area contributed by atoms with Gasteiger partial charge in [0, 0.05) is 11.6 Å². The topological polar surface area (TPSA) is 95.5 Å². The minimum atomic E-state index is -1.22. The van der Waals surface area contributed by atoms with Crippen LogP contribution < -0.4 is 10.6 Å². The zero-order valence-electron chi connectivity index (χ0n) is 16.8. The number of aromatic carboxylic acids is 1. The highest BCUT2D eigenvalue weighted by molar-refractivity contribution is 6.08. The summed E-state index contributed by atoms with van der Waals surface area (Å²) in [5, 5.41) is 16.6. The van der Waals surface area contributed by atoms with Crippen LogP contribution in [0.5, 0.6) is 0 Å². The summed E-state index contributed by atoms with van der Waals surface area (Å²) in [7, 11) is 0. The zero-order valence-corrected chi connectivity index (χ0v) is 16.8. The number of rotatable bonds is 6. The molecule has 0 fully saturated rings. The summed E-state index contributed by atoms with van der Waals surface area (Å²) in [6.45, 7) is 1.83. The van der Waals surface area contributed by atoms with Crippen molar-refractivity contribution in [3.8, 4) is 12.3 Å². The van der Waals surface area contributed by atoms with Crippen molar-refractivity contribution in [3.05, 3.63) is 83.4 Å². The highest BCUT2D eigenvalue weighted by Gasteiger charge is 2.15. The lowest BCUT2D eigenvalue weighted by Gasteiger charge is -2.10. The van der Waals surface area contributed by atoms with Crippen LogP contribution in [0.15, 0.2) is 66.7 Å². The van der Waals surface area contributed by atoms with Crippen molar-refractivity contribution in [2.45, 2.75) is 6.92 Å². The van der Waals surface area contributed by atoms with Gasteiger partial charge in [0.25, 0.3) is 5.91 Å². The highest BCUT2D eigenvalue weighted by Crippen LogP contribution is 2.22. The molecule has 0 saturated heterocycles. The zero-order chi connectivity index (χ0) is 22.4. The SMILES string of the molecule is C#CCNC(=O)c1ccc(C(=O)O)c(NC(=O)C=C(C)c2ccc3ccccc3c2)c1. The molecule has 31 heavy (non-hydrogen) atoms. The van der Waals surface area contributed by atoms with E-state index in [1.54, 1.807) is 6.92 Å². The Bertz CT molecular complexity index is 1250. The van der Waals surface area contributed by atoms with Crippen molar-refractivity contribution in [1.29, 1.82) is 0 Å². The van der Waals surface area contributed by atoms with Crippen LogP contribution in [-0.4, -0.2) is 29.4 Å². The highest BCUT2D eigenvalue weighted by atomic mass is 16.4. The second-order valence-corrected chi connectivity index (χ2v) is 6.83. The Hall–Kier alpha value is -4.37. The van der Waals surface area contributed by atoms with Crippen molar-refractivity contribution in [1.82, 2.24) is 5.32 Å². The van der Waals surface area contributed by atoms with E-state index in [1.807, 2.05) is 42.5 Å². The summed E-state index contributed by atoms with van der Waals surface area (Å²) in [6, 6.07) is 17.7. The number of hydrogen-bond donors (Lipinski definition) is 3. The maximum absolute atomic E-state index is 12.6. The molecule has 0 atom stereocenters. The number of hydrogen-bond acceptors (Lipinski definition) is 3. The van der Waals surface area contributed by atoms with Crippen molar-refractivity contribution in [2.24, 2.45) is 0 Å². The lowest BCUT2D eigenvalue weighted by Crippen LogP contribution is -2.24. The molecule has 0 radical (unpaired) electrons. The Kier molecular flexibility index (Phi) is 6.48. The van der Waals surface area contributed by atoms with Crippen LogP contribution >= 0.6 is 0 Å². The molecule has 0 bridgehead atoms. The quantitative estimate of drug-likeness (QED) is 0.422. The number of terminal acetylenes is 1. The van der Waals surface area contributed by atoms with Gasteiger partial charge in [-0.25, -0.2) is 4.79 Å². The summed E-state index contributed by atoms with van der Waals surface area (Å²) in [4.78, 5) is 36.2. The Morgan fingerprint density at radius 3 is 2.42 bits per heavy atom. The van der Waals surface area contributed by atoms with E-state index in [2.05, 4.69) is 16.6 Å². The third kappa shape index (κ3) is 5.17. The molecular formula is C25H20N2O4. The fourth-order valence-corrected chi connectivity index (χ4v) is 3.09. The number of amides is 2. The summed E-state index contributed by atoms with van der Waals surface area (Å²) < 4.78 is 0. The van der Waals surface area contributed by atoms with E-state index in [0.717, 1.165) is 16.3 Å². The predicted octanol–water partition coefficient (Wildman–Crippen LogP) is 3.94. The monoisotopic (exact) mass is 412 g/mol. The van der Waals surface area contributed by atoms with Gasteiger partial charge in [0.05, 0.1) is 17.8 Å². The summed E-state index contributed by atoms with van der Waals surface area (Å²) in [5.74, 6) is 0.0984. The number of carboxylic acids is 1. The fraction of sp³-hybridized carbons (Fsp3) is 0.0800. The maximum atomic E-state index is 12.6. The van der Waals surface area contributed by atoms with E-state index < -0.39 is 17.8 Å². The second-order valence-electron chi connectivity index (χ2n) is 6.83. The van der Waals surface area contributed by atoms with Gasteiger partial charge in [0.2, 0.25) is 5.91 Å². The van der Waals surface area contributed by atoms with E-state index in [1.165, 1.54) is 24.3 Å². The molecule has 6 heteroatoms. The number of carbonyl (C=O) groups excluding carboxylic acids is 2. The Morgan fingerprint density at radius 1 is 1.00 bits per heavy atom. The first-order valence-electron chi connectivity index (χ1n) is 9.46. The fourth-order valence-electron chi connectivity index (χ4n) is 3.09. The number of nitrogens with one attached hydrogen (secondary N) is 2. The lowest BCUT2D eigenvalue weighted by molar-refractivity contribution is -0.111. The van der Waals surface area contributed by atoms with Crippen LogP contribution in [0.3, 0.4) is 0 Å². The molecular weight excluding hydrogens is 392 g/mol. The number of anilines is 1. The lowest BCUT2D eigenvalue weighted by atomic mass is 10.0. The molecule has 3 aromatic rings. The van der Waals surface area contributed by atoms with Crippen LogP contribution in [0, 0.1) is 12.3 Å². The largest absolute Gasteiger partial charge is 0.478 e. The Labute approximate surface area is 179 Å². The molecule has 3 aromatic carbocycles. The minimum Gasteiger partial charge on any atom is -0.478 e. The van der Waals surface area contributed by atoms with E-state index >= 15 is 0 Å². The summed E-state index contributed by atoms with van der Waals surface area (Å²) in [5.41, 5.74) is 1.66. The number of allylic oxidation sites excluding steroid dienone is 1. The molecule has 0 aliphatic carbocycles. The molecule has 0 spiro atoms. The van der Waals surface area contributed by atoms with Crippen molar-refractivity contribution < 1.29 is 19.5 Å². The Balaban J connectivity index is 1.85. The van der Waals surface area contributed by atoms with Crippen molar-refractivity contribution in [3.63, 3.8) is 0 Å². The average Bonchev–Trinajstić information content (AvgIpc) is 2.76. The van der Waals surface area contributed by atoms with E-state index in [0.29, 0.717) is 5.57 Å². The van der Waals surface area contributed by atoms with Gasteiger partial charge in [0.1, 0.15) is 0 Å². The van der Waals surface area contributed by atoms with Crippen molar-refractivity contribution >= 4 is 39.8 Å². The van der Waals surface area contributed by atoms with Crippen LogP contribution in [0.25, 0.3) is 16.3 Å². The molecule has 0 aromatic heterocycles. The van der Waals surface area contributed by atoms with Gasteiger partial charge in [-0.05, 0) is 53.1 Å². The summed E-state index contributed by atoms with van der Waals surface area (Å²) >= 11 is 0. The van der Waals surface area contributed by atoms with Crippen LogP contribution in [0.4, 0.5) is 5.69 Å². The predicted molar refractivity (Wildman–Crippen MR) is 121 cm³/mol. The molecule has 0 aliphatic rings. The molecule has 3 rings (SSSR count). The van der Waals surface area contributed by atoms with Gasteiger partial charge in [-0.2, -0.15) is 0 Å².